The zero-order valence-corrected chi connectivity index (χ0v) is 12.9. The van der Waals surface area contributed by atoms with Crippen molar-refractivity contribution in [1.29, 1.82) is 0 Å². The number of ether oxygens (including phenoxy) is 1. The smallest absolute Gasteiger partial charge is 0.413 e. The Balaban J connectivity index is 1.98. The summed E-state index contributed by atoms with van der Waals surface area (Å²) in [7, 11) is 1.26. The lowest BCUT2D eigenvalue weighted by Gasteiger charge is -2.04. The SMILES string of the molecule is COC(=O)Nc1nc2ccc(C(=O)NCCCCCO)cc2[nH]1. The lowest BCUT2D eigenvalue weighted by molar-refractivity contribution is 0.0953. The molecule has 4 N–H and O–H groups in total. The number of unbranched alkanes of at least 4 members (excludes halogenated alkanes) is 2. The molecule has 0 aliphatic rings. The molecule has 0 atom stereocenters. The number of imidazole rings is 1. The number of aliphatic hydroxyl groups excluding tert-OH is 1. The number of hydrogen-bond acceptors (Lipinski definition) is 5. The van der Waals surface area contributed by atoms with Crippen LogP contribution in [0.25, 0.3) is 11.0 Å². The number of carbonyl (C=O) groups is 2. The van der Waals surface area contributed by atoms with Gasteiger partial charge >= 0.3 is 6.09 Å². The van der Waals surface area contributed by atoms with E-state index in [1.165, 1.54) is 7.11 Å². The average molecular weight is 320 g/mol. The van der Waals surface area contributed by atoms with E-state index in [-0.39, 0.29) is 18.5 Å². The number of hydrogen-bond donors (Lipinski definition) is 4. The largest absolute Gasteiger partial charge is 0.453 e. The maximum atomic E-state index is 12.1. The number of H-pyrrole nitrogens is 1. The van der Waals surface area contributed by atoms with Gasteiger partial charge in [-0.3, -0.25) is 10.1 Å². The van der Waals surface area contributed by atoms with E-state index in [0.717, 1.165) is 19.3 Å². The fourth-order valence-corrected chi connectivity index (χ4v) is 2.08. The standard InChI is InChI=1S/C15H20N4O4/c1-23-15(22)19-14-17-11-6-5-10(9-12(11)18-14)13(21)16-7-3-2-4-8-20/h5-6,9,20H,2-4,7-8H2,1H3,(H,16,21)(H2,17,18,19,22). The molecule has 0 spiro atoms. The van der Waals surface area contributed by atoms with E-state index in [1.807, 2.05) is 0 Å². The van der Waals surface area contributed by atoms with Crippen molar-refractivity contribution < 1.29 is 19.4 Å². The lowest BCUT2D eigenvalue weighted by Crippen LogP contribution is -2.24. The molecule has 8 nitrogen and oxygen atoms in total. The summed E-state index contributed by atoms with van der Waals surface area (Å²) in [6.07, 6.45) is 1.82. The number of benzene rings is 1. The first-order chi connectivity index (χ1) is 11.1. The van der Waals surface area contributed by atoms with Crippen molar-refractivity contribution in [2.45, 2.75) is 19.3 Å². The topological polar surface area (TPSA) is 116 Å². The molecule has 1 aromatic carbocycles. The van der Waals surface area contributed by atoms with Crippen molar-refractivity contribution >= 4 is 29.0 Å². The van der Waals surface area contributed by atoms with Crippen LogP contribution in [0.15, 0.2) is 18.2 Å². The molecule has 0 radical (unpaired) electrons. The normalized spacial score (nSPS) is 10.5. The van der Waals surface area contributed by atoms with Crippen LogP contribution >= 0.6 is 0 Å². The molecule has 0 unspecified atom stereocenters. The van der Waals surface area contributed by atoms with E-state index in [1.54, 1.807) is 18.2 Å². The molecule has 2 aromatic rings. The second kappa shape index (κ2) is 8.14. The Morgan fingerprint density at radius 1 is 1.30 bits per heavy atom. The zero-order chi connectivity index (χ0) is 16.7. The van der Waals surface area contributed by atoms with Crippen molar-refractivity contribution in [2.24, 2.45) is 0 Å². The van der Waals surface area contributed by atoms with Gasteiger partial charge in [-0.25, -0.2) is 9.78 Å². The Labute approximate surface area is 133 Å². The minimum atomic E-state index is -0.620. The fraction of sp³-hybridized carbons (Fsp3) is 0.400. The van der Waals surface area contributed by atoms with Gasteiger partial charge in [-0.2, -0.15) is 0 Å². The van der Waals surface area contributed by atoms with Crippen molar-refractivity contribution in [3.63, 3.8) is 0 Å². The van der Waals surface area contributed by atoms with Crippen molar-refractivity contribution in [2.75, 3.05) is 25.6 Å². The minimum Gasteiger partial charge on any atom is -0.453 e. The molecular formula is C15H20N4O4. The van der Waals surface area contributed by atoms with Gasteiger partial charge in [0.15, 0.2) is 0 Å². The first-order valence-corrected chi connectivity index (χ1v) is 7.38. The van der Waals surface area contributed by atoms with E-state index < -0.39 is 6.09 Å². The monoisotopic (exact) mass is 320 g/mol. The number of methoxy groups -OCH3 is 1. The highest BCUT2D eigenvalue weighted by Gasteiger charge is 2.10. The summed E-state index contributed by atoms with van der Waals surface area (Å²) in [6.45, 7) is 0.737. The number of amides is 2. The first kappa shape index (κ1) is 16.8. The van der Waals surface area contributed by atoms with Crippen LogP contribution in [-0.2, 0) is 4.74 Å². The summed E-state index contributed by atoms with van der Waals surface area (Å²) in [6, 6.07) is 5.05. The number of aromatic nitrogens is 2. The zero-order valence-electron chi connectivity index (χ0n) is 12.9. The minimum absolute atomic E-state index is 0.173. The quantitative estimate of drug-likeness (QED) is 0.579. The van der Waals surface area contributed by atoms with E-state index in [2.05, 4.69) is 25.3 Å². The van der Waals surface area contributed by atoms with Gasteiger partial charge in [-0.05, 0) is 37.5 Å². The van der Waals surface area contributed by atoms with Crippen molar-refractivity contribution in [3.8, 4) is 0 Å². The highest BCUT2D eigenvalue weighted by atomic mass is 16.5. The van der Waals surface area contributed by atoms with Crippen molar-refractivity contribution in [3.05, 3.63) is 23.8 Å². The first-order valence-electron chi connectivity index (χ1n) is 7.38. The van der Waals surface area contributed by atoms with Gasteiger partial charge in [0.2, 0.25) is 5.95 Å². The number of rotatable bonds is 7. The Morgan fingerprint density at radius 2 is 2.13 bits per heavy atom. The van der Waals surface area contributed by atoms with E-state index in [4.69, 9.17) is 5.11 Å². The van der Waals surface area contributed by atoms with Crippen LogP contribution in [0.5, 0.6) is 0 Å². The van der Waals surface area contributed by atoms with Crippen LogP contribution in [-0.4, -0.2) is 47.3 Å². The number of fused-ring (bicyclic) bond motifs is 1. The summed E-state index contributed by atoms with van der Waals surface area (Å²) < 4.78 is 4.49. The highest BCUT2D eigenvalue weighted by molar-refractivity contribution is 5.97. The molecule has 0 fully saturated rings. The summed E-state index contributed by atoms with van der Waals surface area (Å²) in [5.74, 6) is 0.0846. The number of anilines is 1. The molecule has 0 bridgehead atoms. The average Bonchev–Trinajstić information content (AvgIpc) is 2.95. The molecule has 23 heavy (non-hydrogen) atoms. The summed E-state index contributed by atoms with van der Waals surface area (Å²) in [4.78, 5) is 30.3. The molecule has 0 saturated heterocycles. The van der Waals surface area contributed by atoms with Crippen LogP contribution in [0.2, 0.25) is 0 Å². The number of aromatic amines is 1. The second-order valence-electron chi connectivity index (χ2n) is 4.97. The number of nitrogens with zero attached hydrogens (tertiary/aromatic N) is 1. The van der Waals surface area contributed by atoms with Crippen LogP contribution in [0.3, 0.4) is 0 Å². The molecule has 0 aliphatic carbocycles. The third kappa shape index (κ3) is 4.68. The Morgan fingerprint density at radius 3 is 2.87 bits per heavy atom. The molecular weight excluding hydrogens is 300 g/mol. The van der Waals surface area contributed by atoms with Gasteiger partial charge in [-0.15, -0.1) is 0 Å². The lowest BCUT2D eigenvalue weighted by atomic mass is 10.2. The third-order valence-electron chi connectivity index (χ3n) is 3.27. The molecule has 1 aromatic heterocycles. The van der Waals surface area contributed by atoms with E-state index >= 15 is 0 Å². The van der Waals surface area contributed by atoms with E-state index in [9.17, 15) is 9.59 Å². The maximum Gasteiger partial charge on any atom is 0.413 e. The molecule has 8 heteroatoms. The molecule has 2 rings (SSSR count). The predicted octanol–water partition coefficient (Wildman–Crippen LogP) is 1.63. The molecule has 0 saturated carbocycles. The van der Waals surface area contributed by atoms with Gasteiger partial charge in [-0.1, -0.05) is 0 Å². The highest BCUT2D eigenvalue weighted by Crippen LogP contribution is 2.16. The van der Waals surface area contributed by atoms with E-state index in [0.29, 0.717) is 23.1 Å². The molecule has 0 aliphatic heterocycles. The maximum absolute atomic E-state index is 12.1. The molecule has 124 valence electrons. The van der Waals surface area contributed by atoms with Gasteiger partial charge in [0.05, 0.1) is 18.1 Å². The molecule has 2 amide bonds. The third-order valence-corrected chi connectivity index (χ3v) is 3.27. The van der Waals surface area contributed by atoms with Gasteiger partial charge < -0.3 is 20.1 Å². The predicted molar refractivity (Wildman–Crippen MR) is 85.4 cm³/mol. The summed E-state index contributed by atoms with van der Waals surface area (Å²) in [5.41, 5.74) is 1.79. The van der Waals surface area contributed by atoms with Gasteiger partial charge in [0.25, 0.3) is 5.91 Å². The van der Waals surface area contributed by atoms with Crippen molar-refractivity contribution in [1.82, 2.24) is 15.3 Å². The van der Waals surface area contributed by atoms with Crippen LogP contribution < -0.4 is 10.6 Å². The van der Waals surface area contributed by atoms with Gasteiger partial charge in [0, 0.05) is 18.7 Å². The second-order valence-corrected chi connectivity index (χ2v) is 4.97. The fourth-order valence-electron chi connectivity index (χ4n) is 2.08. The number of nitrogens with one attached hydrogen (secondary N) is 3. The van der Waals surface area contributed by atoms with Crippen LogP contribution in [0.4, 0.5) is 10.7 Å². The molecule has 1 heterocycles. The Kier molecular flexibility index (Phi) is 5.93. The van der Waals surface area contributed by atoms with Crippen LogP contribution in [0.1, 0.15) is 29.6 Å². The summed E-state index contributed by atoms with van der Waals surface area (Å²) in [5, 5.41) is 14.0. The number of carbonyl (C=O) groups excluding carboxylic acids is 2. The summed E-state index contributed by atoms with van der Waals surface area (Å²) >= 11 is 0. The van der Waals surface area contributed by atoms with Crippen LogP contribution in [0, 0.1) is 0 Å². The Hall–Kier alpha value is -2.61. The Bertz CT molecular complexity index is 683. The number of aliphatic hydroxyl groups is 1. The van der Waals surface area contributed by atoms with Gasteiger partial charge in [0.1, 0.15) is 0 Å².